The van der Waals surface area contributed by atoms with Crippen LogP contribution in [-0.4, -0.2) is 12.0 Å². The van der Waals surface area contributed by atoms with Crippen molar-refractivity contribution in [1.29, 1.82) is 0 Å². The number of hydrogen-bond acceptors (Lipinski definition) is 2. The zero-order chi connectivity index (χ0) is 27.4. The smallest absolute Gasteiger partial charge is 0.388 e. The summed E-state index contributed by atoms with van der Waals surface area (Å²) in [5.74, 6) is -0.230. The second kappa shape index (κ2) is 14.6. The molecule has 1 N–H and O–H groups in total. The van der Waals surface area contributed by atoms with Gasteiger partial charge in [-0.25, -0.2) is 4.39 Å². The van der Waals surface area contributed by atoms with Gasteiger partial charge in [-0.3, -0.25) is 4.98 Å². The molecule has 0 bridgehead atoms. The third-order valence-electron chi connectivity index (χ3n) is 6.22. The van der Waals surface area contributed by atoms with E-state index < -0.39 is 11.7 Å². The Balaban J connectivity index is 0.000000241. The predicted molar refractivity (Wildman–Crippen MR) is 146 cm³/mol. The molecule has 0 fully saturated rings. The largest absolute Gasteiger partial charge is 0.417 e. The molecule has 200 valence electrons. The summed E-state index contributed by atoms with van der Waals surface area (Å²) in [6, 6.07) is 13.9. The highest BCUT2D eigenvalue weighted by molar-refractivity contribution is 5.65. The van der Waals surface area contributed by atoms with Crippen LogP contribution in [0.4, 0.5) is 17.6 Å². The molecule has 0 amide bonds. The highest BCUT2D eigenvalue weighted by Gasteiger charge is 2.33. The molecule has 0 saturated heterocycles. The molecule has 1 aliphatic carbocycles. The van der Waals surface area contributed by atoms with E-state index in [4.69, 9.17) is 0 Å². The molecule has 0 aliphatic heterocycles. The van der Waals surface area contributed by atoms with E-state index in [1.807, 2.05) is 13.0 Å². The molecular weight excluding hydrogens is 476 g/mol. The maximum atomic E-state index is 13.0. The van der Waals surface area contributed by atoms with Crippen LogP contribution in [0.15, 0.2) is 61.2 Å². The fourth-order valence-electron chi connectivity index (χ4n) is 4.09. The van der Waals surface area contributed by atoms with E-state index >= 15 is 0 Å². The lowest BCUT2D eigenvalue weighted by molar-refractivity contribution is -0.137. The average molecular weight is 515 g/mol. The molecule has 2 aromatic carbocycles. The van der Waals surface area contributed by atoms with Gasteiger partial charge in [0.15, 0.2) is 0 Å². The summed E-state index contributed by atoms with van der Waals surface area (Å²) >= 11 is 0. The van der Waals surface area contributed by atoms with Crippen molar-refractivity contribution < 1.29 is 17.6 Å². The van der Waals surface area contributed by atoms with Crippen molar-refractivity contribution in [2.45, 2.75) is 71.9 Å². The van der Waals surface area contributed by atoms with Gasteiger partial charge in [0.05, 0.1) is 11.3 Å². The molecule has 0 spiro atoms. The van der Waals surface area contributed by atoms with Crippen molar-refractivity contribution in [3.05, 3.63) is 94.9 Å². The topological polar surface area (TPSA) is 24.9 Å². The predicted octanol–water partition coefficient (Wildman–Crippen LogP) is 9.17. The molecule has 0 atom stereocenters. The fourth-order valence-corrected chi connectivity index (χ4v) is 4.09. The Kier molecular flexibility index (Phi) is 11.8. The number of pyridine rings is 1. The Labute approximate surface area is 218 Å². The van der Waals surface area contributed by atoms with E-state index in [1.165, 1.54) is 49.1 Å². The number of benzene rings is 2. The van der Waals surface area contributed by atoms with Crippen molar-refractivity contribution in [1.82, 2.24) is 10.3 Å². The number of rotatable bonds is 5. The van der Waals surface area contributed by atoms with Gasteiger partial charge in [0.2, 0.25) is 0 Å². The molecule has 3 aromatic rings. The molecule has 1 aliphatic rings. The van der Waals surface area contributed by atoms with Gasteiger partial charge in [-0.2, -0.15) is 13.2 Å². The van der Waals surface area contributed by atoms with Gasteiger partial charge in [0.1, 0.15) is 5.82 Å². The third-order valence-corrected chi connectivity index (χ3v) is 6.22. The number of nitrogens with zero attached hydrogens (tertiary/aromatic N) is 1. The van der Waals surface area contributed by atoms with Crippen LogP contribution in [-0.2, 0) is 19.0 Å². The summed E-state index contributed by atoms with van der Waals surface area (Å²) in [5.41, 5.74) is 4.67. The Morgan fingerprint density at radius 1 is 0.973 bits per heavy atom. The lowest BCUT2D eigenvalue weighted by Gasteiger charge is -2.17. The molecule has 0 unspecified atom stereocenters. The Bertz CT molecular complexity index is 1150. The number of aromatic nitrogens is 1. The molecular formula is C31H38F4N2. The summed E-state index contributed by atoms with van der Waals surface area (Å²) in [7, 11) is 1.77. The number of hydrogen-bond donors (Lipinski definition) is 1. The first kappa shape index (κ1) is 30.1. The zero-order valence-corrected chi connectivity index (χ0v) is 22.3. The normalized spacial score (nSPS) is 12.3. The van der Waals surface area contributed by atoms with E-state index in [0.717, 1.165) is 54.3 Å². The number of alkyl halides is 3. The van der Waals surface area contributed by atoms with Gasteiger partial charge < -0.3 is 5.32 Å². The minimum atomic E-state index is -4.35. The summed E-state index contributed by atoms with van der Waals surface area (Å²) in [4.78, 5) is 4.46. The van der Waals surface area contributed by atoms with Gasteiger partial charge in [0, 0.05) is 29.6 Å². The summed E-state index contributed by atoms with van der Waals surface area (Å²) in [5, 5.41) is 2.89. The van der Waals surface area contributed by atoms with Crippen molar-refractivity contribution >= 4 is 5.70 Å². The van der Waals surface area contributed by atoms with Crippen LogP contribution >= 0.6 is 0 Å². The molecule has 2 nitrogen and oxygen atoms in total. The van der Waals surface area contributed by atoms with Crippen molar-refractivity contribution in [2.24, 2.45) is 0 Å². The van der Waals surface area contributed by atoms with E-state index in [1.54, 1.807) is 25.2 Å². The fraction of sp³-hybridized carbons (Fsp3) is 0.387. The first-order valence-electron chi connectivity index (χ1n) is 12.9. The van der Waals surface area contributed by atoms with E-state index in [9.17, 15) is 17.6 Å². The van der Waals surface area contributed by atoms with Crippen LogP contribution in [0, 0.1) is 12.7 Å². The van der Waals surface area contributed by atoms with E-state index in [2.05, 4.69) is 30.7 Å². The number of unbranched alkanes of at least 4 members (excludes halogenated alkanes) is 2. The molecule has 4 rings (SSSR count). The quantitative estimate of drug-likeness (QED) is 0.343. The Hall–Kier alpha value is -3.15. The standard InChI is InChI=1S/C16H14F3N.C10H12FN.C5H12/c17-16(18,19)13-7-3-2-6-12(13)15-10-9-11-5-1-4-8-14(11)20-15;1-7-4-5-9(11)6-10(7)8(2)12-3;1-3-5-4-2/h2-3,6-7,9-10H,1,4-5,8H2;4-6,12H,2H2,1,3H3;3-5H2,1-2H3. The second-order valence-electron chi connectivity index (χ2n) is 9.09. The van der Waals surface area contributed by atoms with Gasteiger partial charge in [-0.05, 0) is 68.0 Å². The molecule has 37 heavy (non-hydrogen) atoms. The molecule has 0 radical (unpaired) electrons. The first-order chi connectivity index (χ1) is 17.6. The van der Waals surface area contributed by atoms with Crippen molar-refractivity contribution in [2.75, 3.05) is 7.05 Å². The van der Waals surface area contributed by atoms with Crippen LogP contribution in [0.25, 0.3) is 17.0 Å². The van der Waals surface area contributed by atoms with Crippen LogP contribution in [0.1, 0.15) is 73.9 Å². The summed E-state index contributed by atoms with van der Waals surface area (Å²) in [6.07, 6.45) is 3.75. The minimum Gasteiger partial charge on any atom is -0.388 e. The maximum Gasteiger partial charge on any atom is 0.417 e. The van der Waals surface area contributed by atoms with Crippen LogP contribution < -0.4 is 5.32 Å². The maximum absolute atomic E-state index is 13.0. The van der Waals surface area contributed by atoms with Crippen LogP contribution in [0.3, 0.4) is 0 Å². The molecule has 0 saturated carbocycles. The number of nitrogens with one attached hydrogen (secondary N) is 1. The van der Waals surface area contributed by atoms with E-state index in [0.29, 0.717) is 5.69 Å². The molecule has 1 aromatic heterocycles. The highest BCUT2D eigenvalue weighted by Crippen LogP contribution is 2.36. The highest BCUT2D eigenvalue weighted by atomic mass is 19.4. The van der Waals surface area contributed by atoms with Crippen LogP contribution in [0.5, 0.6) is 0 Å². The lowest BCUT2D eigenvalue weighted by atomic mass is 9.94. The number of fused-ring (bicyclic) bond motifs is 1. The van der Waals surface area contributed by atoms with Gasteiger partial charge in [0.25, 0.3) is 0 Å². The number of halogens is 4. The Morgan fingerprint density at radius 2 is 1.65 bits per heavy atom. The van der Waals surface area contributed by atoms with Gasteiger partial charge in [-0.15, -0.1) is 0 Å². The third kappa shape index (κ3) is 9.03. The van der Waals surface area contributed by atoms with Gasteiger partial charge in [-0.1, -0.05) is 70.0 Å². The second-order valence-corrected chi connectivity index (χ2v) is 9.09. The van der Waals surface area contributed by atoms with Crippen LogP contribution in [0.2, 0.25) is 0 Å². The lowest BCUT2D eigenvalue weighted by Crippen LogP contribution is -2.09. The number of aryl methyl sites for hydroxylation is 3. The first-order valence-corrected chi connectivity index (χ1v) is 12.9. The molecule has 6 heteroatoms. The zero-order valence-electron chi connectivity index (χ0n) is 22.3. The monoisotopic (exact) mass is 514 g/mol. The van der Waals surface area contributed by atoms with E-state index in [-0.39, 0.29) is 11.4 Å². The molecule has 1 heterocycles. The van der Waals surface area contributed by atoms with Gasteiger partial charge >= 0.3 is 6.18 Å². The Morgan fingerprint density at radius 3 is 2.27 bits per heavy atom. The SMILES string of the molecule is C=C(NC)c1cc(F)ccc1C.CCCCC.FC(F)(F)c1ccccc1-c1ccc2c(n1)CCCC2. The summed E-state index contributed by atoms with van der Waals surface area (Å²) < 4.78 is 51.9. The van der Waals surface area contributed by atoms with Crippen molar-refractivity contribution in [3.8, 4) is 11.3 Å². The average Bonchev–Trinajstić information content (AvgIpc) is 2.90. The summed E-state index contributed by atoms with van der Waals surface area (Å²) in [6.45, 7) is 10.1. The minimum absolute atomic E-state index is 0.161. The van der Waals surface area contributed by atoms with Crippen molar-refractivity contribution in [3.63, 3.8) is 0 Å².